The lowest BCUT2D eigenvalue weighted by atomic mass is 10.1. The Hall–Kier alpha value is -1.12. The first kappa shape index (κ1) is 10.4. The van der Waals surface area contributed by atoms with Gasteiger partial charge in [0.25, 0.3) is 0 Å². The Morgan fingerprint density at radius 2 is 2.00 bits per heavy atom. The summed E-state index contributed by atoms with van der Waals surface area (Å²) in [5.41, 5.74) is 1.30. The van der Waals surface area contributed by atoms with E-state index in [1.807, 2.05) is 6.07 Å². The maximum absolute atomic E-state index is 8.99. The molecule has 0 aromatic heterocycles. The zero-order valence-electron chi connectivity index (χ0n) is 8.76. The zero-order valence-corrected chi connectivity index (χ0v) is 8.76. The highest BCUT2D eigenvalue weighted by molar-refractivity contribution is 5.15. The summed E-state index contributed by atoms with van der Waals surface area (Å²) in [7, 11) is 0. The largest absolute Gasteiger partial charge is 0.396 e. The molecule has 2 N–H and O–H groups in total. The molecule has 0 spiro atoms. The molecule has 1 aromatic rings. The molecule has 2 rings (SSSR count). The van der Waals surface area contributed by atoms with Crippen molar-refractivity contribution in [3.8, 4) is 0 Å². The van der Waals surface area contributed by atoms with E-state index in [-0.39, 0.29) is 6.61 Å². The molecule has 0 heterocycles. The van der Waals surface area contributed by atoms with Crippen LogP contribution < -0.4 is 5.32 Å². The topological polar surface area (TPSA) is 32.3 Å². The third-order valence-corrected chi connectivity index (χ3v) is 2.82. The molecule has 0 fully saturated rings. The van der Waals surface area contributed by atoms with Crippen LogP contribution in [0.2, 0.25) is 0 Å². The average molecular weight is 203 g/mol. The van der Waals surface area contributed by atoms with Crippen molar-refractivity contribution in [3.63, 3.8) is 0 Å². The molecular formula is C13H17NO. The smallest absolute Gasteiger partial charge is 0.0494 e. The molecule has 2 nitrogen and oxygen atoms in total. The summed E-state index contributed by atoms with van der Waals surface area (Å²) >= 11 is 0. The van der Waals surface area contributed by atoms with Gasteiger partial charge in [-0.25, -0.2) is 0 Å². The molecule has 1 aliphatic carbocycles. The van der Waals surface area contributed by atoms with Crippen molar-refractivity contribution in [1.29, 1.82) is 0 Å². The Balaban J connectivity index is 1.78. The molecule has 2 heteroatoms. The van der Waals surface area contributed by atoms with Gasteiger partial charge in [0.1, 0.15) is 0 Å². The van der Waals surface area contributed by atoms with Gasteiger partial charge in [-0.1, -0.05) is 42.5 Å². The third kappa shape index (κ3) is 2.91. The highest BCUT2D eigenvalue weighted by Gasteiger charge is 2.16. The first-order chi connectivity index (χ1) is 7.38. The molecule has 0 unspecified atom stereocenters. The van der Waals surface area contributed by atoms with Crippen LogP contribution in [0.5, 0.6) is 0 Å². The normalized spacial score (nSPS) is 24.6. The van der Waals surface area contributed by atoms with Crippen LogP contribution in [0.1, 0.15) is 12.0 Å². The highest BCUT2D eigenvalue weighted by atomic mass is 16.3. The molecule has 0 radical (unpaired) electrons. The summed E-state index contributed by atoms with van der Waals surface area (Å²) in [6.45, 7) is 1.16. The highest BCUT2D eigenvalue weighted by Crippen LogP contribution is 2.17. The Labute approximate surface area is 90.6 Å². The first-order valence-electron chi connectivity index (χ1n) is 5.45. The van der Waals surface area contributed by atoms with Gasteiger partial charge in [-0.2, -0.15) is 0 Å². The van der Waals surface area contributed by atoms with Crippen LogP contribution in [0, 0.1) is 5.92 Å². The number of nitrogens with one attached hydrogen (secondary N) is 1. The second-order valence-electron chi connectivity index (χ2n) is 4.04. The predicted octanol–water partition coefficient (Wildman–Crippen LogP) is 1.71. The van der Waals surface area contributed by atoms with E-state index < -0.39 is 0 Å². The van der Waals surface area contributed by atoms with Gasteiger partial charge >= 0.3 is 0 Å². The first-order valence-corrected chi connectivity index (χ1v) is 5.45. The van der Waals surface area contributed by atoms with Crippen LogP contribution >= 0.6 is 0 Å². The van der Waals surface area contributed by atoms with E-state index >= 15 is 0 Å². The Kier molecular flexibility index (Phi) is 3.54. The summed E-state index contributed by atoms with van der Waals surface area (Å²) in [6.07, 6.45) is 5.27. The Morgan fingerprint density at radius 1 is 1.20 bits per heavy atom. The summed E-state index contributed by atoms with van der Waals surface area (Å²) in [4.78, 5) is 0. The maximum Gasteiger partial charge on any atom is 0.0494 e. The van der Waals surface area contributed by atoms with E-state index in [1.54, 1.807) is 0 Å². The number of aliphatic hydroxyl groups is 1. The monoisotopic (exact) mass is 203 g/mol. The molecular weight excluding hydrogens is 186 g/mol. The fourth-order valence-electron chi connectivity index (χ4n) is 1.91. The van der Waals surface area contributed by atoms with Crippen molar-refractivity contribution in [3.05, 3.63) is 48.0 Å². The van der Waals surface area contributed by atoms with E-state index in [9.17, 15) is 0 Å². The summed E-state index contributed by atoms with van der Waals surface area (Å²) in [5.74, 6) is 0.346. The Morgan fingerprint density at radius 3 is 2.67 bits per heavy atom. The molecule has 0 amide bonds. The van der Waals surface area contributed by atoms with Crippen LogP contribution in [-0.2, 0) is 6.54 Å². The number of hydrogen-bond donors (Lipinski definition) is 2. The van der Waals surface area contributed by atoms with E-state index in [1.165, 1.54) is 5.56 Å². The van der Waals surface area contributed by atoms with Crippen LogP contribution in [0.15, 0.2) is 42.5 Å². The maximum atomic E-state index is 8.99. The summed E-state index contributed by atoms with van der Waals surface area (Å²) in [5, 5.41) is 12.5. The van der Waals surface area contributed by atoms with Gasteiger partial charge in [0.2, 0.25) is 0 Å². The van der Waals surface area contributed by atoms with Crippen LogP contribution in [0.3, 0.4) is 0 Å². The van der Waals surface area contributed by atoms with Crippen molar-refractivity contribution >= 4 is 0 Å². The van der Waals surface area contributed by atoms with Gasteiger partial charge in [0.15, 0.2) is 0 Å². The van der Waals surface area contributed by atoms with Crippen molar-refractivity contribution in [1.82, 2.24) is 5.32 Å². The molecule has 0 bridgehead atoms. The third-order valence-electron chi connectivity index (χ3n) is 2.82. The minimum Gasteiger partial charge on any atom is -0.396 e. The van der Waals surface area contributed by atoms with E-state index in [0.717, 1.165) is 13.0 Å². The van der Waals surface area contributed by atoms with Crippen LogP contribution in [-0.4, -0.2) is 17.8 Å². The average Bonchev–Trinajstić information content (AvgIpc) is 2.76. The van der Waals surface area contributed by atoms with Gasteiger partial charge < -0.3 is 10.4 Å². The fourth-order valence-corrected chi connectivity index (χ4v) is 1.91. The second-order valence-corrected chi connectivity index (χ2v) is 4.04. The number of benzene rings is 1. The molecule has 1 aliphatic rings. The molecule has 0 aliphatic heterocycles. The van der Waals surface area contributed by atoms with Crippen LogP contribution in [0.25, 0.3) is 0 Å². The minimum atomic E-state index is 0.264. The van der Waals surface area contributed by atoms with Gasteiger partial charge in [0, 0.05) is 25.1 Å². The van der Waals surface area contributed by atoms with E-state index in [2.05, 4.69) is 41.7 Å². The zero-order chi connectivity index (χ0) is 10.5. The van der Waals surface area contributed by atoms with E-state index in [4.69, 9.17) is 5.11 Å². The fraction of sp³-hybridized carbons (Fsp3) is 0.385. The SMILES string of the molecule is OC[C@H]1C=C[C@@H](NCc2ccccc2)C1. The summed E-state index contributed by atoms with van der Waals surface area (Å²) < 4.78 is 0. The van der Waals surface area contributed by atoms with Crippen molar-refractivity contribution in [2.45, 2.75) is 19.0 Å². The van der Waals surface area contributed by atoms with E-state index in [0.29, 0.717) is 12.0 Å². The molecule has 1 aromatic carbocycles. The van der Waals surface area contributed by atoms with Crippen molar-refractivity contribution in [2.24, 2.45) is 5.92 Å². The van der Waals surface area contributed by atoms with Gasteiger partial charge in [-0.3, -0.25) is 0 Å². The number of rotatable bonds is 4. The number of hydrogen-bond acceptors (Lipinski definition) is 2. The Bertz CT molecular complexity index is 321. The van der Waals surface area contributed by atoms with Gasteiger partial charge in [-0.15, -0.1) is 0 Å². The molecule has 0 saturated heterocycles. The standard InChI is InChI=1S/C13H17NO/c15-10-12-6-7-13(8-12)14-9-11-4-2-1-3-5-11/h1-7,12-15H,8-10H2/t12-,13+/m0/s1. The lowest BCUT2D eigenvalue weighted by Gasteiger charge is -2.12. The van der Waals surface area contributed by atoms with Gasteiger partial charge in [-0.05, 0) is 12.0 Å². The molecule has 2 atom stereocenters. The predicted molar refractivity (Wildman–Crippen MR) is 61.4 cm³/mol. The number of aliphatic hydroxyl groups excluding tert-OH is 1. The lowest BCUT2D eigenvalue weighted by Crippen LogP contribution is -2.25. The summed E-state index contributed by atoms with van der Waals surface area (Å²) in [6, 6.07) is 10.8. The molecule has 80 valence electrons. The van der Waals surface area contributed by atoms with Crippen LogP contribution in [0.4, 0.5) is 0 Å². The van der Waals surface area contributed by atoms with Gasteiger partial charge in [0.05, 0.1) is 0 Å². The van der Waals surface area contributed by atoms with Crippen molar-refractivity contribution in [2.75, 3.05) is 6.61 Å². The molecule has 0 saturated carbocycles. The quantitative estimate of drug-likeness (QED) is 0.730. The lowest BCUT2D eigenvalue weighted by molar-refractivity contribution is 0.246. The second kappa shape index (κ2) is 5.10. The molecule has 15 heavy (non-hydrogen) atoms. The van der Waals surface area contributed by atoms with Crippen molar-refractivity contribution < 1.29 is 5.11 Å². The minimum absolute atomic E-state index is 0.264.